The number of rotatable bonds is 5. The van der Waals surface area contributed by atoms with E-state index < -0.39 is 5.91 Å². The van der Waals surface area contributed by atoms with Gasteiger partial charge in [0.1, 0.15) is 5.75 Å². The van der Waals surface area contributed by atoms with Crippen LogP contribution in [0.4, 0.5) is 5.69 Å². The number of nitrogens with two attached hydrogens (primary N) is 1. The summed E-state index contributed by atoms with van der Waals surface area (Å²) in [5, 5.41) is 2.80. The van der Waals surface area contributed by atoms with Gasteiger partial charge in [0.25, 0.3) is 11.8 Å². The number of halogens is 1. The Hall–Kier alpha value is -2.34. The average molecular weight is 363 g/mol. The number of amides is 2. The van der Waals surface area contributed by atoms with Crippen molar-refractivity contribution in [2.75, 3.05) is 11.9 Å². The summed E-state index contributed by atoms with van der Waals surface area (Å²) >= 11 is 3.41. The van der Waals surface area contributed by atoms with Gasteiger partial charge in [-0.15, -0.1) is 0 Å². The van der Waals surface area contributed by atoms with Crippen LogP contribution in [0.15, 0.2) is 46.9 Å². The molecule has 0 radical (unpaired) electrons. The van der Waals surface area contributed by atoms with E-state index in [9.17, 15) is 9.59 Å². The third-order valence-electron chi connectivity index (χ3n) is 2.92. The second-order valence-electron chi connectivity index (χ2n) is 4.67. The maximum atomic E-state index is 12.4. The van der Waals surface area contributed by atoms with Crippen molar-refractivity contribution in [3.63, 3.8) is 0 Å². The zero-order valence-electron chi connectivity index (χ0n) is 11.9. The highest BCUT2D eigenvalue weighted by atomic mass is 79.9. The van der Waals surface area contributed by atoms with Crippen LogP contribution in [0.1, 0.15) is 15.9 Å². The average Bonchev–Trinajstić information content (AvgIpc) is 2.49. The standard InChI is InChI=1S/C16H15BrN2O3/c1-10-8-11(6-7-13(10)17)19-16(21)12-4-2-3-5-14(12)22-9-15(18)20/h2-8H,9H2,1H3,(H2,18,20)(H,19,21). The topological polar surface area (TPSA) is 81.4 Å². The van der Waals surface area contributed by atoms with Crippen LogP contribution in [-0.4, -0.2) is 18.4 Å². The second-order valence-corrected chi connectivity index (χ2v) is 5.52. The van der Waals surface area contributed by atoms with Crippen LogP contribution in [-0.2, 0) is 4.79 Å². The van der Waals surface area contributed by atoms with Gasteiger partial charge in [0.15, 0.2) is 6.61 Å². The Morgan fingerprint density at radius 1 is 1.23 bits per heavy atom. The molecule has 0 unspecified atom stereocenters. The minimum Gasteiger partial charge on any atom is -0.483 e. The summed E-state index contributed by atoms with van der Waals surface area (Å²) in [6.45, 7) is 1.66. The molecule has 2 amide bonds. The number of nitrogens with one attached hydrogen (secondary N) is 1. The van der Waals surface area contributed by atoms with E-state index in [0.717, 1.165) is 10.0 Å². The molecular weight excluding hydrogens is 348 g/mol. The van der Waals surface area contributed by atoms with E-state index in [1.54, 1.807) is 30.3 Å². The van der Waals surface area contributed by atoms with E-state index in [1.165, 1.54) is 0 Å². The van der Waals surface area contributed by atoms with Gasteiger partial charge in [0, 0.05) is 10.2 Å². The van der Waals surface area contributed by atoms with Crippen molar-refractivity contribution in [3.05, 3.63) is 58.1 Å². The Morgan fingerprint density at radius 3 is 2.64 bits per heavy atom. The first-order chi connectivity index (χ1) is 10.5. The smallest absolute Gasteiger partial charge is 0.259 e. The highest BCUT2D eigenvalue weighted by Crippen LogP contribution is 2.23. The van der Waals surface area contributed by atoms with Gasteiger partial charge >= 0.3 is 0 Å². The van der Waals surface area contributed by atoms with Gasteiger partial charge in [-0.2, -0.15) is 0 Å². The van der Waals surface area contributed by atoms with Gasteiger partial charge in [-0.3, -0.25) is 9.59 Å². The molecule has 3 N–H and O–H groups in total. The summed E-state index contributed by atoms with van der Waals surface area (Å²) < 4.78 is 6.23. The van der Waals surface area contributed by atoms with Crippen molar-refractivity contribution in [2.45, 2.75) is 6.92 Å². The first kappa shape index (κ1) is 16.0. The molecule has 0 saturated heterocycles. The second kappa shape index (κ2) is 7.09. The molecule has 2 aromatic carbocycles. The van der Waals surface area contributed by atoms with Crippen LogP contribution in [0, 0.1) is 6.92 Å². The number of hydrogen-bond acceptors (Lipinski definition) is 3. The van der Waals surface area contributed by atoms with Gasteiger partial charge in [-0.05, 0) is 42.8 Å². The Kier molecular flexibility index (Phi) is 5.16. The van der Waals surface area contributed by atoms with Crippen LogP contribution in [0.2, 0.25) is 0 Å². The first-order valence-electron chi connectivity index (χ1n) is 6.55. The molecule has 0 aromatic heterocycles. The monoisotopic (exact) mass is 362 g/mol. The molecule has 0 fully saturated rings. The third kappa shape index (κ3) is 4.08. The molecule has 0 aliphatic carbocycles. The van der Waals surface area contributed by atoms with Gasteiger partial charge in [-0.1, -0.05) is 28.1 Å². The molecule has 5 nitrogen and oxygen atoms in total. The summed E-state index contributed by atoms with van der Waals surface area (Å²) in [4.78, 5) is 23.2. The lowest BCUT2D eigenvalue weighted by Gasteiger charge is -2.11. The number of para-hydroxylation sites is 1. The van der Waals surface area contributed by atoms with Crippen LogP contribution >= 0.6 is 15.9 Å². The number of aryl methyl sites for hydroxylation is 1. The molecule has 0 aliphatic rings. The highest BCUT2D eigenvalue weighted by Gasteiger charge is 2.13. The molecule has 0 aliphatic heterocycles. The number of benzene rings is 2. The fourth-order valence-electron chi connectivity index (χ4n) is 1.85. The van der Waals surface area contributed by atoms with Crippen molar-refractivity contribution < 1.29 is 14.3 Å². The van der Waals surface area contributed by atoms with Gasteiger partial charge in [-0.25, -0.2) is 0 Å². The number of carbonyl (C=O) groups is 2. The molecule has 0 heterocycles. The van der Waals surface area contributed by atoms with Crippen LogP contribution in [0.25, 0.3) is 0 Å². The largest absolute Gasteiger partial charge is 0.483 e. The molecule has 0 bridgehead atoms. The van der Waals surface area contributed by atoms with Gasteiger partial charge < -0.3 is 15.8 Å². The summed E-state index contributed by atoms with van der Waals surface area (Å²) in [6, 6.07) is 12.2. The van der Waals surface area contributed by atoms with E-state index in [4.69, 9.17) is 10.5 Å². The summed E-state index contributed by atoms with van der Waals surface area (Å²) in [5.41, 5.74) is 7.08. The van der Waals surface area contributed by atoms with Crippen molar-refractivity contribution >= 4 is 33.4 Å². The van der Waals surface area contributed by atoms with Gasteiger partial charge in [0.05, 0.1) is 5.56 Å². The number of primary amides is 1. The zero-order chi connectivity index (χ0) is 16.1. The Morgan fingerprint density at radius 2 is 1.95 bits per heavy atom. The molecule has 0 atom stereocenters. The van der Waals surface area contributed by atoms with Crippen molar-refractivity contribution in [3.8, 4) is 5.75 Å². The fraction of sp³-hybridized carbons (Fsp3) is 0.125. The molecule has 6 heteroatoms. The van der Waals surface area contributed by atoms with Gasteiger partial charge in [0.2, 0.25) is 0 Å². The zero-order valence-corrected chi connectivity index (χ0v) is 13.5. The third-order valence-corrected chi connectivity index (χ3v) is 3.81. The predicted molar refractivity (Wildman–Crippen MR) is 88.0 cm³/mol. The minimum atomic E-state index is -0.598. The van der Waals surface area contributed by atoms with E-state index >= 15 is 0 Å². The van der Waals surface area contributed by atoms with E-state index in [-0.39, 0.29) is 12.5 Å². The van der Waals surface area contributed by atoms with Crippen molar-refractivity contribution in [1.29, 1.82) is 0 Å². The van der Waals surface area contributed by atoms with Crippen molar-refractivity contribution in [1.82, 2.24) is 0 Å². The highest BCUT2D eigenvalue weighted by molar-refractivity contribution is 9.10. The fourth-order valence-corrected chi connectivity index (χ4v) is 2.10. The molecule has 2 rings (SSSR count). The number of carbonyl (C=O) groups excluding carboxylic acids is 2. The Labute approximate surface area is 136 Å². The van der Waals surface area contributed by atoms with E-state index in [1.807, 2.05) is 19.1 Å². The van der Waals surface area contributed by atoms with E-state index in [2.05, 4.69) is 21.2 Å². The lowest BCUT2D eigenvalue weighted by atomic mass is 10.1. The SMILES string of the molecule is Cc1cc(NC(=O)c2ccccc2OCC(N)=O)ccc1Br. The molecule has 0 spiro atoms. The summed E-state index contributed by atoms with van der Waals surface area (Å²) in [7, 11) is 0. The molecule has 0 saturated carbocycles. The molecular formula is C16H15BrN2O3. The first-order valence-corrected chi connectivity index (χ1v) is 7.34. The minimum absolute atomic E-state index is 0.276. The van der Waals surface area contributed by atoms with E-state index in [0.29, 0.717) is 17.0 Å². The molecule has 2 aromatic rings. The van der Waals surface area contributed by atoms with Crippen molar-refractivity contribution in [2.24, 2.45) is 5.73 Å². The molecule has 22 heavy (non-hydrogen) atoms. The summed E-state index contributed by atoms with van der Waals surface area (Å²) in [5.74, 6) is -0.604. The maximum absolute atomic E-state index is 12.4. The lowest BCUT2D eigenvalue weighted by molar-refractivity contribution is -0.119. The summed E-state index contributed by atoms with van der Waals surface area (Å²) in [6.07, 6.45) is 0. The number of anilines is 1. The van der Waals surface area contributed by atoms with Crippen LogP contribution in [0.3, 0.4) is 0 Å². The Balaban J connectivity index is 2.18. The Bertz CT molecular complexity index is 716. The van der Waals surface area contributed by atoms with Crippen LogP contribution in [0.5, 0.6) is 5.75 Å². The number of ether oxygens (including phenoxy) is 1. The van der Waals surface area contributed by atoms with Crippen LogP contribution < -0.4 is 15.8 Å². The quantitative estimate of drug-likeness (QED) is 0.857. The predicted octanol–water partition coefficient (Wildman–Crippen LogP) is 2.87. The molecule has 114 valence electrons. The maximum Gasteiger partial charge on any atom is 0.259 e. The lowest BCUT2D eigenvalue weighted by Crippen LogP contribution is -2.21. The number of hydrogen-bond donors (Lipinski definition) is 2. The normalized spacial score (nSPS) is 10.1.